The normalized spacial score (nSPS) is 11.1. The maximum Gasteiger partial charge on any atom is 0.337 e. The lowest BCUT2D eigenvalue weighted by Gasteiger charge is -2.12. The molecule has 2 amide bonds. The summed E-state index contributed by atoms with van der Waals surface area (Å²) in [5.41, 5.74) is 6.42. The average molecular weight is 444 g/mol. The maximum atomic E-state index is 12.2. The monoisotopic (exact) mass is 443 g/mol. The number of thiocarbonyl (C=S) groups is 1. The van der Waals surface area contributed by atoms with Gasteiger partial charge in [-0.2, -0.15) is 0 Å². The van der Waals surface area contributed by atoms with Crippen LogP contribution in [0, 0.1) is 0 Å². The molecule has 0 bridgehead atoms. The smallest absolute Gasteiger partial charge is 0.337 e. The van der Waals surface area contributed by atoms with Gasteiger partial charge in [0.1, 0.15) is 5.75 Å². The molecule has 0 aliphatic carbocycles. The number of benzene rings is 2. The Bertz CT molecular complexity index is 946. The number of carbonyl (C=O) groups is 3. The summed E-state index contributed by atoms with van der Waals surface area (Å²) in [6.07, 6.45) is 1.04. The molecule has 8 nitrogen and oxygen atoms in total. The van der Waals surface area contributed by atoms with Gasteiger partial charge < -0.3 is 9.47 Å². The predicted octanol–water partition coefficient (Wildman–Crippen LogP) is 2.70. The van der Waals surface area contributed by atoms with Crippen LogP contribution in [-0.2, 0) is 9.53 Å². The van der Waals surface area contributed by atoms with Gasteiger partial charge in [0.05, 0.1) is 12.7 Å². The number of hydrazine groups is 1. The van der Waals surface area contributed by atoms with E-state index in [9.17, 15) is 14.4 Å². The van der Waals surface area contributed by atoms with Gasteiger partial charge in [0.25, 0.3) is 11.8 Å². The fourth-order valence-corrected chi connectivity index (χ4v) is 2.70. The topological polar surface area (TPSA) is 106 Å². The van der Waals surface area contributed by atoms with Crippen LogP contribution >= 0.6 is 12.2 Å². The lowest BCUT2D eigenvalue weighted by Crippen LogP contribution is -2.49. The van der Waals surface area contributed by atoms with E-state index >= 15 is 0 Å². The summed E-state index contributed by atoms with van der Waals surface area (Å²) >= 11 is 4.99. The quantitative estimate of drug-likeness (QED) is 0.343. The zero-order valence-electron chi connectivity index (χ0n) is 17.6. The molecule has 0 radical (unpaired) electrons. The highest BCUT2D eigenvalue weighted by molar-refractivity contribution is 7.80. The van der Waals surface area contributed by atoms with Gasteiger partial charge >= 0.3 is 5.97 Å². The van der Waals surface area contributed by atoms with Gasteiger partial charge in [0.2, 0.25) is 0 Å². The van der Waals surface area contributed by atoms with E-state index < -0.39 is 17.8 Å². The number of amides is 2. The van der Waals surface area contributed by atoms with E-state index in [0.717, 1.165) is 6.42 Å². The van der Waals surface area contributed by atoms with Gasteiger partial charge in [-0.15, -0.1) is 0 Å². The molecule has 0 aliphatic rings. The average Bonchev–Trinajstić information content (AvgIpc) is 2.80. The van der Waals surface area contributed by atoms with Gasteiger partial charge in [-0.1, -0.05) is 32.0 Å². The second-order valence-corrected chi connectivity index (χ2v) is 7.10. The van der Waals surface area contributed by atoms with Gasteiger partial charge in [-0.25, -0.2) is 4.79 Å². The molecule has 3 N–H and O–H groups in total. The Morgan fingerprint density at radius 3 is 2.35 bits per heavy atom. The Morgan fingerprint density at radius 2 is 1.71 bits per heavy atom. The molecule has 0 saturated heterocycles. The van der Waals surface area contributed by atoms with Crippen molar-refractivity contribution in [2.24, 2.45) is 0 Å². The Labute approximate surface area is 186 Å². The lowest BCUT2D eigenvalue weighted by atomic mass is 9.99. The van der Waals surface area contributed by atoms with Crippen molar-refractivity contribution in [1.29, 1.82) is 0 Å². The fourth-order valence-electron chi connectivity index (χ4n) is 2.55. The van der Waals surface area contributed by atoms with Gasteiger partial charge in [-0.3, -0.25) is 25.8 Å². The zero-order valence-corrected chi connectivity index (χ0v) is 18.4. The summed E-state index contributed by atoms with van der Waals surface area (Å²) in [4.78, 5) is 35.7. The standard InChI is InChI=1S/C22H25N3O5S/c1-4-14(2)15-8-10-18(11-9-15)30-13-19(26)24-25-22(31)23-20(27)16-6-5-7-17(12-16)21(28)29-3/h5-12,14H,4,13H2,1-3H3,(H,24,26)(H2,23,25,27,31). The van der Waals surface area contributed by atoms with Crippen molar-refractivity contribution >= 4 is 35.1 Å². The highest BCUT2D eigenvalue weighted by Gasteiger charge is 2.12. The molecule has 0 fully saturated rings. The fraction of sp³-hybridized carbons (Fsp3) is 0.273. The van der Waals surface area contributed by atoms with Crippen molar-refractivity contribution in [3.05, 3.63) is 65.2 Å². The first kappa shape index (κ1) is 23.8. The summed E-state index contributed by atoms with van der Waals surface area (Å²) in [5, 5.41) is 2.29. The second-order valence-electron chi connectivity index (χ2n) is 6.70. The molecule has 2 rings (SSSR count). The first-order valence-corrected chi connectivity index (χ1v) is 10.1. The molecule has 0 spiro atoms. The van der Waals surface area contributed by atoms with Crippen molar-refractivity contribution in [3.8, 4) is 5.75 Å². The molecule has 0 saturated carbocycles. The van der Waals surface area contributed by atoms with Crippen LogP contribution in [0.3, 0.4) is 0 Å². The Hall–Kier alpha value is -3.46. The largest absolute Gasteiger partial charge is 0.484 e. The number of hydrogen-bond donors (Lipinski definition) is 3. The second kappa shape index (κ2) is 11.7. The van der Waals surface area contributed by atoms with Crippen molar-refractivity contribution in [3.63, 3.8) is 0 Å². The van der Waals surface area contributed by atoms with Crippen LogP contribution in [-0.4, -0.2) is 36.6 Å². The number of rotatable bonds is 7. The molecule has 164 valence electrons. The molecule has 1 atom stereocenters. The molecule has 2 aromatic rings. The predicted molar refractivity (Wildman–Crippen MR) is 120 cm³/mol. The van der Waals surface area contributed by atoms with E-state index in [4.69, 9.17) is 17.0 Å². The highest BCUT2D eigenvalue weighted by atomic mass is 32.1. The molecule has 31 heavy (non-hydrogen) atoms. The number of carbonyl (C=O) groups excluding carboxylic acids is 3. The van der Waals surface area contributed by atoms with Crippen LogP contribution in [0.2, 0.25) is 0 Å². The molecule has 0 aromatic heterocycles. The molecule has 2 aromatic carbocycles. The van der Waals surface area contributed by atoms with Crippen LogP contribution in [0.1, 0.15) is 52.5 Å². The lowest BCUT2D eigenvalue weighted by molar-refractivity contribution is -0.123. The summed E-state index contributed by atoms with van der Waals surface area (Å²) in [6.45, 7) is 4.04. The summed E-state index contributed by atoms with van der Waals surface area (Å²) in [7, 11) is 1.25. The minimum atomic E-state index is -0.558. The van der Waals surface area contributed by atoms with Gasteiger partial charge in [-0.05, 0) is 60.5 Å². The van der Waals surface area contributed by atoms with Crippen LogP contribution in [0.4, 0.5) is 0 Å². The van der Waals surface area contributed by atoms with E-state index in [-0.39, 0.29) is 22.8 Å². The molecule has 0 aliphatic heterocycles. The van der Waals surface area contributed by atoms with Crippen molar-refractivity contribution < 1.29 is 23.9 Å². The summed E-state index contributed by atoms with van der Waals surface area (Å²) in [6, 6.07) is 13.5. The van der Waals surface area contributed by atoms with Crippen molar-refractivity contribution in [2.75, 3.05) is 13.7 Å². The van der Waals surface area contributed by atoms with Crippen LogP contribution in [0.25, 0.3) is 0 Å². The molecular formula is C22H25N3O5S. The van der Waals surface area contributed by atoms with Crippen molar-refractivity contribution in [2.45, 2.75) is 26.2 Å². The Balaban J connectivity index is 1.77. The van der Waals surface area contributed by atoms with E-state index in [2.05, 4.69) is 34.8 Å². The van der Waals surface area contributed by atoms with E-state index in [1.807, 2.05) is 24.3 Å². The summed E-state index contributed by atoms with van der Waals surface area (Å²) in [5.74, 6) is -0.549. The first-order valence-electron chi connectivity index (χ1n) is 9.65. The summed E-state index contributed by atoms with van der Waals surface area (Å²) < 4.78 is 10.1. The third-order valence-electron chi connectivity index (χ3n) is 4.52. The van der Waals surface area contributed by atoms with E-state index in [0.29, 0.717) is 11.7 Å². The first-order chi connectivity index (χ1) is 14.8. The molecule has 0 heterocycles. The van der Waals surface area contributed by atoms with Gasteiger partial charge in [0, 0.05) is 5.56 Å². The Morgan fingerprint density at radius 1 is 1.03 bits per heavy atom. The highest BCUT2D eigenvalue weighted by Crippen LogP contribution is 2.21. The van der Waals surface area contributed by atoms with Gasteiger partial charge in [0.15, 0.2) is 11.7 Å². The maximum absolute atomic E-state index is 12.2. The number of nitrogens with one attached hydrogen (secondary N) is 3. The third-order valence-corrected chi connectivity index (χ3v) is 4.72. The van der Waals surface area contributed by atoms with Crippen LogP contribution in [0.15, 0.2) is 48.5 Å². The Kier molecular flexibility index (Phi) is 8.95. The SMILES string of the molecule is CCC(C)c1ccc(OCC(=O)NNC(=S)NC(=O)c2cccc(C(=O)OC)c2)cc1. The van der Waals surface area contributed by atoms with Crippen LogP contribution < -0.4 is 20.9 Å². The molecule has 9 heteroatoms. The number of ether oxygens (including phenoxy) is 2. The number of methoxy groups -OCH3 is 1. The van der Waals surface area contributed by atoms with E-state index in [1.165, 1.54) is 30.9 Å². The molecule has 1 unspecified atom stereocenters. The van der Waals surface area contributed by atoms with Crippen molar-refractivity contribution in [1.82, 2.24) is 16.2 Å². The van der Waals surface area contributed by atoms with E-state index in [1.54, 1.807) is 6.07 Å². The minimum absolute atomic E-state index is 0.111. The minimum Gasteiger partial charge on any atom is -0.484 e. The number of esters is 1. The molecular weight excluding hydrogens is 418 g/mol. The third kappa shape index (κ3) is 7.38. The zero-order chi connectivity index (χ0) is 22.8. The number of hydrogen-bond acceptors (Lipinski definition) is 6. The van der Waals surface area contributed by atoms with Crippen LogP contribution in [0.5, 0.6) is 5.75 Å².